The molecule has 0 unspecified atom stereocenters. The standard InChI is InChI=1S/C7H13N/c1-8-5-6-3-2-4-7(6)8/h6-7H,2-5H2,1H3/t6-,7-/m0/s1. The zero-order valence-electron chi connectivity index (χ0n) is 5.43. The first-order valence-electron chi connectivity index (χ1n) is 3.58. The molecule has 1 aliphatic carbocycles. The first-order chi connectivity index (χ1) is 3.88. The average Bonchev–Trinajstić information content (AvgIpc) is 2.09. The second-order valence-electron chi connectivity index (χ2n) is 3.20. The molecule has 0 bridgehead atoms. The minimum absolute atomic E-state index is 0.995. The number of hydrogen-bond acceptors (Lipinski definition) is 1. The number of nitrogens with zero attached hydrogens (tertiary/aromatic N) is 1. The molecule has 1 saturated heterocycles. The van der Waals surface area contributed by atoms with Crippen molar-refractivity contribution in [2.24, 2.45) is 5.92 Å². The van der Waals surface area contributed by atoms with E-state index >= 15 is 0 Å². The van der Waals surface area contributed by atoms with Gasteiger partial charge in [0.25, 0.3) is 0 Å². The summed E-state index contributed by atoms with van der Waals surface area (Å²) in [5.74, 6) is 1.10. The van der Waals surface area contributed by atoms with Gasteiger partial charge in [-0.25, -0.2) is 0 Å². The Morgan fingerprint density at radius 3 is 2.75 bits per heavy atom. The fourth-order valence-electron chi connectivity index (χ4n) is 2.18. The van der Waals surface area contributed by atoms with Crippen LogP contribution in [-0.4, -0.2) is 24.5 Å². The van der Waals surface area contributed by atoms with Gasteiger partial charge in [0.05, 0.1) is 0 Å². The van der Waals surface area contributed by atoms with Crippen molar-refractivity contribution >= 4 is 0 Å². The van der Waals surface area contributed by atoms with Gasteiger partial charge >= 0.3 is 0 Å². The summed E-state index contributed by atoms with van der Waals surface area (Å²) in [6.07, 6.45) is 4.47. The van der Waals surface area contributed by atoms with Crippen LogP contribution in [0.25, 0.3) is 0 Å². The zero-order chi connectivity index (χ0) is 5.56. The number of hydrogen-bond donors (Lipinski definition) is 0. The number of fused-ring (bicyclic) bond motifs is 1. The van der Waals surface area contributed by atoms with E-state index in [1.807, 2.05) is 0 Å². The van der Waals surface area contributed by atoms with Crippen molar-refractivity contribution < 1.29 is 0 Å². The van der Waals surface area contributed by atoms with Gasteiger partial charge in [-0.15, -0.1) is 0 Å². The molecule has 1 nitrogen and oxygen atoms in total. The van der Waals surface area contributed by atoms with Gasteiger partial charge in [-0.3, -0.25) is 0 Å². The van der Waals surface area contributed by atoms with Crippen LogP contribution >= 0.6 is 0 Å². The molecular formula is C7H13N. The molecule has 46 valence electrons. The van der Waals surface area contributed by atoms with Crippen molar-refractivity contribution in [3.05, 3.63) is 0 Å². The minimum Gasteiger partial charge on any atom is -0.303 e. The highest BCUT2D eigenvalue weighted by molar-refractivity contribution is 4.93. The summed E-state index contributed by atoms with van der Waals surface area (Å²) < 4.78 is 0. The third-order valence-corrected chi connectivity index (χ3v) is 2.71. The summed E-state index contributed by atoms with van der Waals surface area (Å²) in [5, 5.41) is 0. The highest BCUT2D eigenvalue weighted by atomic mass is 15.2. The van der Waals surface area contributed by atoms with Crippen LogP contribution in [0.3, 0.4) is 0 Å². The molecule has 0 amide bonds. The summed E-state index contributed by atoms with van der Waals surface area (Å²) in [4.78, 5) is 2.48. The Balaban J connectivity index is 2.02. The Bertz CT molecular complexity index is 101. The number of rotatable bonds is 0. The van der Waals surface area contributed by atoms with Crippen molar-refractivity contribution in [2.45, 2.75) is 25.3 Å². The maximum Gasteiger partial charge on any atom is 0.0133 e. The molecule has 0 aromatic carbocycles. The third kappa shape index (κ3) is 0.455. The van der Waals surface area contributed by atoms with Gasteiger partial charge in [0.15, 0.2) is 0 Å². The Morgan fingerprint density at radius 1 is 1.38 bits per heavy atom. The first-order valence-corrected chi connectivity index (χ1v) is 3.58. The van der Waals surface area contributed by atoms with E-state index in [9.17, 15) is 0 Å². The lowest BCUT2D eigenvalue weighted by Crippen LogP contribution is -2.50. The Labute approximate surface area is 50.7 Å². The third-order valence-electron chi connectivity index (χ3n) is 2.71. The lowest BCUT2D eigenvalue weighted by atomic mass is 9.93. The van der Waals surface area contributed by atoms with Crippen molar-refractivity contribution in [3.8, 4) is 0 Å². The molecule has 1 heteroatoms. The van der Waals surface area contributed by atoms with Crippen LogP contribution in [0.4, 0.5) is 0 Å². The molecule has 2 fully saturated rings. The van der Waals surface area contributed by atoms with Crippen LogP contribution < -0.4 is 0 Å². The molecule has 1 heterocycles. The first kappa shape index (κ1) is 4.80. The van der Waals surface area contributed by atoms with E-state index < -0.39 is 0 Å². The SMILES string of the molecule is CN1C[C@@H]2CCC[C@@H]21. The predicted octanol–water partition coefficient (Wildman–Crippen LogP) is 1.10. The molecule has 2 rings (SSSR count). The maximum atomic E-state index is 2.48. The van der Waals surface area contributed by atoms with E-state index in [2.05, 4.69) is 11.9 Å². The predicted molar refractivity (Wildman–Crippen MR) is 33.8 cm³/mol. The molecule has 0 radical (unpaired) electrons. The molecule has 0 spiro atoms. The van der Waals surface area contributed by atoms with Gasteiger partial charge in [0.1, 0.15) is 0 Å². The summed E-state index contributed by atoms with van der Waals surface area (Å²) >= 11 is 0. The molecule has 1 aliphatic heterocycles. The molecule has 0 aromatic rings. The fraction of sp³-hybridized carbons (Fsp3) is 1.00. The Kier molecular flexibility index (Phi) is 0.884. The van der Waals surface area contributed by atoms with Crippen LogP contribution in [0.2, 0.25) is 0 Å². The topological polar surface area (TPSA) is 3.24 Å². The summed E-state index contributed by atoms with van der Waals surface area (Å²) in [5.41, 5.74) is 0. The highest BCUT2D eigenvalue weighted by Gasteiger charge is 2.39. The van der Waals surface area contributed by atoms with E-state index in [4.69, 9.17) is 0 Å². The Hall–Kier alpha value is -0.0400. The minimum atomic E-state index is 0.995. The zero-order valence-corrected chi connectivity index (χ0v) is 5.43. The average molecular weight is 111 g/mol. The van der Waals surface area contributed by atoms with Gasteiger partial charge in [-0.05, 0) is 25.8 Å². The molecule has 2 aliphatic rings. The number of likely N-dealkylation sites (tertiary alicyclic amines) is 1. The quantitative estimate of drug-likeness (QED) is 0.452. The summed E-state index contributed by atoms with van der Waals surface area (Å²) in [7, 11) is 2.24. The lowest BCUT2D eigenvalue weighted by Gasteiger charge is -2.41. The summed E-state index contributed by atoms with van der Waals surface area (Å²) in [6.45, 7) is 1.38. The highest BCUT2D eigenvalue weighted by Crippen LogP contribution is 2.37. The van der Waals surface area contributed by atoms with Crippen molar-refractivity contribution in [2.75, 3.05) is 13.6 Å². The largest absolute Gasteiger partial charge is 0.303 e. The molecular weight excluding hydrogens is 98.1 g/mol. The lowest BCUT2D eigenvalue weighted by molar-refractivity contribution is 0.0679. The van der Waals surface area contributed by atoms with Crippen LogP contribution in [0.1, 0.15) is 19.3 Å². The monoisotopic (exact) mass is 111 g/mol. The molecule has 0 aromatic heterocycles. The van der Waals surface area contributed by atoms with Crippen molar-refractivity contribution in [3.63, 3.8) is 0 Å². The van der Waals surface area contributed by atoms with Crippen molar-refractivity contribution in [1.29, 1.82) is 0 Å². The van der Waals surface area contributed by atoms with E-state index in [0.717, 1.165) is 12.0 Å². The van der Waals surface area contributed by atoms with Gasteiger partial charge in [-0.2, -0.15) is 0 Å². The van der Waals surface area contributed by atoms with Crippen LogP contribution in [-0.2, 0) is 0 Å². The van der Waals surface area contributed by atoms with Crippen LogP contribution in [0.5, 0.6) is 0 Å². The fourth-order valence-corrected chi connectivity index (χ4v) is 2.18. The van der Waals surface area contributed by atoms with Crippen LogP contribution in [0.15, 0.2) is 0 Å². The van der Waals surface area contributed by atoms with E-state index in [0.29, 0.717) is 0 Å². The van der Waals surface area contributed by atoms with Gasteiger partial charge < -0.3 is 4.90 Å². The smallest absolute Gasteiger partial charge is 0.0133 e. The second-order valence-corrected chi connectivity index (χ2v) is 3.20. The van der Waals surface area contributed by atoms with Gasteiger partial charge in [0, 0.05) is 12.6 Å². The van der Waals surface area contributed by atoms with E-state index in [1.54, 1.807) is 0 Å². The molecule has 8 heavy (non-hydrogen) atoms. The second kappa shape index (κ2) is 1.47. The van der Waals surface area contributed by atoms with Gasteiger partial charge in [-0.1, -0.05) is 6.42 Å². The Morgan fingerprint density at radius 2 is 2.25 bits per heavy atom. The molecule has 0 N–H and O–H groups in total. The van der Waals surface area contributed by atoms with Crippen LogP contribution in [0, 0.1) is 5.92 Å². The molecule has 1 saturated carbocycles. The summed E-state index contributed by atoms with van der Waals surface area (Å²) in [6, 6.07) is 0.995. The van der Waals surface area contributed by atoms with Crippen molar-refractivity contribution in [1.82, 2.24) is 4.90 Å². The van der Waals surface area contributed by atoms with E-state index in [-0.39, 0.29) is 0 Å². The maximum absolute atomic E-state index is 2.48. The van der Waals surface area contributed by atoms with Gasteiger partial charge in [0.2, 0.25) is 0 Å². The van der Waals surface area contributed by atoms with E-state index in [1.165, 1.54) is 25.8 Å². The normalized spacial score (nSPS) is 46.1. The molecule has 2 atom stereocenters.